The molecule has 2 rings (SSSR count). The van der Waals surface area contributed by atoms with Crippen LogP contribution in [0.25, 0.3) is 0 Å². The number of carbonyl (C=O) groups excluding carboxylic acids is 1. The molecule has 90 valence electrons. The minimum absolute atomic E-state index is 0.135. The summed E-state index contributed by atoms with van der Waals surface area (Å²) in [5.41, 5.74) is 1.62. The van der Waals surface area contributed by atoms with E-state index in [9.17, 15) is 9.82 Å². The predicted octanol–water partition coefficient (Wildman–Crippen LogP) is -0.154. The van der Waals surface area contributed by atoms with Crippen LogP contribution >= 0.6 is 0 Å². The molecule has 0 unspecified atom stereocenters. The summed E-state index contributed by atoms with van der Waals surface area (Å²) >= 11 is 0. The molecule has 0 spiro atoms. The first-order valence-electron chi connectivity index (χ1n) is 5.41. The molecular weight excluding hydrogens is 223 g/mol. The fourth-order valence-corrected chi connectivity index (χ4v) is 1.63. The van der Waals surface area contributed by atoms with Crippen molar-refractivity contribution >= 4 is 18.6 Å². The fraction of sp³-hybridized carbons (Fsp3) is 0.364. The van der Waals surface area contributed by atoms with Crippen LogP contribution < -0.4 is 10.2 Å². The molecule has 1 aromatic rings. The van der Waals surface area contributed by atoms with Gasteiger partial charge in [0.05, 0.1) is 13.2 Å². The zero-order valence-corrected chi connectivity index (χ0v) is 9.51. The summed E-state index contributed by atoms with van der Waals surface area (Å²) in [5.74, 6) is 0.103. The van der Waals surface area contributed by atoms with Crippen LogP contribution in [0.2, 0.25) is 0 Å². The Morgan fingerprint density at radius 2 is 2.41 bits per heavy atom. The van der Waals surface area contributed by atoms with Crippen molar-refractivity contribution in [3.63, 3.8) is 0 Å². The lowest BCUT2D eigenvalue weighted by Crippen LogP contribution is -2.28. The first-order chi connectivity index (χ1) is 8.20. The second-order valence-corrected chi connectivity index (χ2v) is 3.62. The topological polar surface area (TPSA) is 65.0 Å². The molecular formula is C11H13BO5. The Kier molecular flexibility index (Phi) is 3.66. The summed E-state index contributed by atoms with van der Waals surface area (Å²) in [7, 11) is -0.906. The second kappa shape index (κ2) is 5.20. The number of fused-ring (bicyclic) bond motifs is 1. The zero-order valence-electron chi connectivity index (χ0n) is 9.51. The normalized spacial score (nSPS) is 13.4. The second-order valence-electron chi connectivity index (χ2n) is 3.62. The van der Waals surface area contributed by atoms with E-state index < -0.39 is 13.1 Å². The van der Waals surface area contributed by atoms with Gasteiger partial charge in [0, 0.05) is 0 Å². The third-order valence-electron chi connectivity index (χ3n) is 2.44. The largest absolute Gasteiger partial charge is 0.491 e. The molecule has 0 fully saturated rings. The Morgan fingerprint density at radius 1 is 1.59 bits per heavy atom. The van der Waals surface area contributed by atoms with Crippen LogP contribution in [0.1, 0.15) is 12.5 Å². The minimum Gasteiger partial charge on any atom is -0.482 e. The molecule has 0 aliphatic carbocycles. The van der Waals surface area contributed by atoms with Crippen LogP contribution in [0.4, 0.5) is 0 Å². The maximum atomic E-state index is 11.1. The molecule has 17 heavy (non-hydrogen) atoms. The average Bonchev–Trinajstić information content (AvgIpc) is 2.69. The highest BCUT2D eigenvalue weighted by atomic mass is 16.6. The quantitative estimate of drug-likeness (QED) is 0.581. The van der Waals surface area contributed by atoms with Crippen molar-refractivity contribution < 1.29 is 23.9 Å². The number of hydrogen-bond acceptors (Lipinski definition) is 5. The third-order valence-corrected chi connectivity index (χ3v) is 2.44. The van der Waals surface area contributed by atoms with Gasteiger partial charge in [-0.05, 0) is 30.1 Å². The van der Waals surface area contributed by atoms with Crippen LogP contribution in [0.15, 0.2) is 18.2 Å². The van der Waals surface area contributed by atoms with E-state index in [0.717, 1.165) is 5.56 Å². The summed E-state index contributed by atoms with van der Waals surface area (Å²) in [6, 6.07) is 5.22. The van der Waals surface area contributed by atoms with Gasteiger partial charge in [0.2, 0.25) is 0 Å². The molecule has 0 atom stereocenters. The Hall–Kier alpha value is -1.53. The summed E-state index contributed by atoms with van der Waals surface area (Å²) < 4.78 is 15.0. The predicted molar refractivity (Wildman–Crippen MR) is 61.0 cm³/mol. The van der Waals surface area contributed by atoms with Crippen LogP contribution in [-0.2, 0) is 20.8 Å². The Morgan fingerprint density at radius 3 is 3.18 bits per heavy atom. The lowest BCUT2D eigenvalue weighted by Gasteiger charge is -2.07. The van der Waals surface area contributed by atoms with E-state index in [0.29, 0.717) is 24.4 Å². The van der Waals surface area contributed by atoms with Crippen molar-refractivity contribution in [1.29, 1.82) is 0 Å². The van der Waals surface area contributed by atoms with Gasteiger partial charge in [0.15, 0.2) is 6.61 Å². The SMILES string of the molecule is CCOC(=O)COc1ccc2c(c1)B(O)OC2. The maximum Gasteiger partial charge on any atom is 0.491 e. The molecule has 1 heterocycles. The van der Waals surface area contributed by atoms with Gasteiger partial charge in [-0.2, -0.15) is 0 Å². The highest BCUT2D eigenvalue weighted by Gasteiger charge is 2.27. The van der Waals surface area contributed by atoms with E-state index in [1.165, 1.54) is 0 Å². The number of carbonyl (C=O) groups is 1. The van der Waals surface area contributed by atoms with E-state index in [4.69, 9.17) is 14.1 Å². The minimum atomic E-state index is -0.906. The maximum absolute atomic E-state index is 11.1. The highest BCUT2D eigenvalue weighted by molar-refractivity contribution is 6.61. The molecule has 0 aromatic heterocycles. The van der Waals surface area contributed by atoms with Crippen molar-refractivity contribution in [2.75, 3.05) is 13.2 Å². The summed E-state index contributed by atoms with van der Waals surface area (Å²) in [6.45, 7) is 2.33. The molecule has 5 nitrogen and oxygen atoms in total. The first kappa shape index (κ1) is 11.9. The molecule has 1 aromatic carbocycles. The van der Waals surface area contributed by atoms with Gasteiger partial charge < -0.3 is 19.2 Å². The van der Waals surface area contributed by atoms with Crippen LogP contribution in [0.5, 0.6) is 5.75 Å². The highest BCUT2D eigenvalue weighted by Crippen LogP contribution is 2.16. The third kappa shape index (κ3) is 2.78. The lowest BCUT2D eigenvalue weighted by molar-refractivity contribution is -0.145. The van der Waals surface area contributed by atoms with Crippen LogP contribution in [-0.4, -0.2) is 31.3 Å². The first-order valence-corrected chi connectivity index (χ1v) is 5.41. The number of ether oxygens (including phenoxy) is 2. The molecule has 0 radical (unpaired) electrons. The fourth-order valence-electron chi connectivity index (χ4n) is 1.63. The van der Waals surface area contributed by atoms with Gasteiger partial charge in [0.25, 0.3) is 0 Å². The van der Waals surface area contributed by atoms with E-state index in [-0.39, 0.29) is 6.61 Å². The summed E-state index contributed by atoms with van der Waals surface area (Å²) in [5, 5.41) is 9.50. The van der Waals surface area contributed by atoms with Crippen molar-refractivity contribution in [2.24, 2.45) is 0 Å². The van der Waals surface area contributed by atoms with E-state index >= 15 is 0 Å². The van der Waals surface area contributed by atoms with Gasteiger partial charge in [-0.25, -0.2) is 4.79 Å². The molecule has 0 amide bonds. The molecule has 0 bridgehead atoms. The smallest absolute Gasteiger partial charge is 0.482 e. The van der Waals surface area contributed by atoms with Crippen molar-refractivity contribution in [2.45, 2.75) is 13.5 Å². The zero-order chi connectivity index (χ0) is 12.3. The Balaban J connectivity index is 1.98. The molecule has 6 heteroatoms. The van der Waals surface area contributed by atoms with Gasteiger partial charge >= 0.3 is 13.1 Å². The van der Waals surface area contributed by atoms with Gasteiger partial charge in [0.1, 0.15) is 5.75 Å². The number of hydrogen-bond donors (Lipinski definition) is 1. The van der Waals surface area contributed by atoms with Gasteiger partial charge in [-0.15, -0.1) is 0 Å². The number of benzene rings is 1. The molecule has 1 aliphatic rings. The average molecular weight is 236 g/mol. The van der Waals surface area contributed by atoms with Crippen molar-refractivity contribution in [3.8, 4) is 5.75 Å². The summed E-state index contributed by atoms with van der Waals surface area (Å²) in [4.78, 5) is 11.1. The molecule has 0 saturated heterocycles. The molecule has 1 N–H and O–H groups in total. The van der Waals surface area contributed by atoms with Crippen LogP contribution in [0.3, 0.4) is 0 Å². The van der Waals surface area contributed by atoms with Gasteiger partial charge in [-0.1, -0.05) is 6.07 Å². The van der Waals surface area contributed by atoms with E-state index in [2.05, 4.69) is 0 Å². The number of esters is 1. The van der Waals surface area contributed by atoms with Crippen molar-refractivity contribution in [3.05, 3.63) is 23.8 Å². The monoisotopic (exact) mass is 236 g/mol. The summed E-state index contributed by atoms with van der Waals surface area (Å²) in [6.07, 6.45) is 0. The lowest BCUT2D eigenvalue weighted by atomic mass is 9.79. The standard InChI is InChI=1S/C11H13BO5/c1-2-15-11(13)7-16-9-4-3-8-6-17-12(14)10(8)5-9/h3-5,14H,2,6-7H2,1H3. The Labute approximate surface area is 99.4 Å². The van der Waals surface area contributed by atoms with Crippen LogP contribution in [0, 0.1) is 0 Å². The van der Waals surface area contributed by atoms with E-state index in [1.807, 2.05) is 6.07 Å². The molecule has 1 aliphatic heterocycles. The molecule has 0 saturated carbocycles. The Bertz CT molecular complexity index is 420. The van der Waals surface area contributed by atoms with E-state index in [1.54, 1.807) is 19.1 Å². The van der Waals surface area contributed by atoms with Crippen molar-refractivity contribution in [1.82, 2.24) is 0 Å². The van der Waals surface area contributed by atoms with Gasteiger partial charge in [-0.3, -0.25) is 0 Å². The number of rotatable bonds is 4.